The number of allylic oxidation sites excluding steroid dienone is 1. The molecule has 4 atom stereocenters. The Morgan fingerprint density at radius 2 is 1.59 bits per heavy atom. The molecule has 2 aliphatic rings. The first-order chi connectivity index (χ1) is 10.7. The lowest BCUT2D eigenvalue weighted by molar-refractivity contribution is -0.117. The van der Waals surface area contributed by atoms with Crippen LogP contribution in [0.3, 0.4) is 0 Å². The highest BCUT2D eigenvalue weighted by molar-refractivity contribution is 5.75. The second-order valence-electron chi connectivity index (χ2n) is 6.79. The molecule has 2 heterocycles. The molecule has 2 saturated heterocycles. The average Bonchev–Trinajstić information content (AvgIpc) is 3.38. The van der Waals surface area contributed by atoms with Crippen molar-refractivity contribution in [2.75, 3.05) is 0 Å². The lowest BCUT2D eigenvalue weighted by atomic mass is 10.0. The molecule has 2 aliphatic heterocycles. The third kappa shape index (κ3) is 7.06. The second kappa shape index (κ2) is 9.46. The van der Waals surface area contributed by atoms with Crippen molar-refractivity contribution in [3.63, 3.8) is 0 Å². The average molecular weight is 308 g/mol. The van der Waals surface area contributed by atoms with Crippen LogP contribution >= 0.6 is 0 Å². The summed E-state index contributed by atoms with van der Waals surface area (Å²) >= 11 is 0. The van der Waals surface area contributed by atoms with Gasteiger partial charge < -0.3 is 14.3 Å². The number of carbonyl (C=O) groups is 1. The Balaban J connectivity index is 1.38. The van der Waals surface area contributed by atoms with E-state index in [2.05, 4.69) is 19.1 Å². The van der Waals surface area contributed by atoms with Gasteiger partial charge in [-0.25, -0.2) is 0 Å². The van der Waals surface area contributed by atoms with Gasteiger partial charge in [-0.05, 0) is 32.6 Å². The van der Waals surface area contributed by atoms with E-state index in [1.807, 2.05) is 0 Å². The van der Waals surface area contributed by atoms with E-state index in [1.54, 1.807) is 6.92 Å². The lowest BCUT2D eigenvalue weighted by Gasteiger charge is -1.99. The Kier molecular flexibility index (Phi) is 7.61. The van der Waals surface area contributed by atoms with E-state index >= 15 is 0 Å². The highest BCUT2D eigenvalue weighted by Crippen LogP contribution is 2.38. The SMILES string of the molecule is CC/C=C\CC1OC1CC1OC1CCCCCCCC(C)=O. The van der Waals surface area contributed by atoms with Crippen molar-refractivity contribution >= 4 is 5.78 Å². The number of Topliss-reactive ketones (excluding diaryl/α,β-unsaturated/α-hetero) is 1. The monoisotopic (exact) mass is 308 g/mol. The molecule has 0 radical (unpaired) electrons. The maximum absolute atomic E-state index is 10.8. The van der Waals surface area contributed by atoms with E-state index in [1.165, 1.54) is 32.1 Å². The van der Waals surface area contributed by atoms with Crippen molar-refractivity contribution in [1.82, 2.24) is 0 Å². The topological polar surface area (TPSA) is 42.1 Å². The van der Waals surface area contributed by atoms with E-state index in [9.17, 15) is 4.79 Å². The largest absolute Gasteiger partial charge is 0.369 e. The van der Waals surface area contributed by atoms with E-state index < -0.39 is 0 Å². The summed E-state index contributed by atoms with van der Waals surface area (Å²) in [5, 5.41) is 0. The number of ketones is 1. The summed E-state index contributed by atoms with van der Waals surface area (Å²) in [4.78, 5) is 10.8. The molecule has 3 nitrogen and oxygen atoms in total. The molecule has 0 bridgehead atoms. The van der Waals surface area contributed by atoms with Crippen molar-refractivity contribution < 1.29 is 14.3 Å². The molecule has 0 aromatic carbocycles. The number of unbranched alkanes of at least 4 members (excludes halogenated alkanes) is 4. The number of carbonyl (C=O) groups excluding carboxylic acids is 1. The summed E-state index contributed by atoms with van der Waals surface area (Å²) in [6.07, 6.45) is 17.6. The van der Waals surface area contributed by atoms with Gasteiger partial charge in [0, 0.05) is 12.8 Å². The van der Waals surface area contributed by atoms with Crippen molar-refractivity contribution in [1.29, 1.82) is 0 Å². The zero-order valence-electron chi connectivity index (χ0n) is 14.3. The van der Waals surface area contributed by atoms with Gasteiger partial charge in [0.05, 0.1) is 24.4 Å². The maximum Gasteiger partial charge on any atom is 0.129 e. The molecule has 2 rings (SSSR count). The van der Waals surface area contributed by atoms with E-state index in [-0.39, 0.29) is 0 Å². The molecule has 0 saturated carbocycles. The van der Waals surface area contributed by atoms with Crippen LogP contribution < -0.4 is 0 Å². The van der Waals surface area contributed by atoms with Gasteiger partial charge in [-0.15, -0.1) is 0 Å². The summed E-state index contributed by atoms with van der Waals surface area (Å²) < 4.78 is 11.5. The minimum Gasteiger partial charge on any atom is -0.369 e. The van der Waals surface area contributed by atoms with Crippen molar-refractivity contribution in [3.05, 3.63) is 12.2 Å². The highest BCUT2D eigenvalue weighted by Gasteiger charge is 2.47. The summed E-state index contributed by atoms with van der Waals surface area (Å²) in [5.74, 6) is 0.319. The summed E-state index contributed by atoms with van der Waals surface area (Å²) in [6, 6.07) is 0. The Bertz CT molecular complexity index is 364. The summed E-state index contributed by atoms with van der Waals surface area (Å²) in [7, 11) is 0. The maximum atomic E-state index is 10.8. The van der Waals surface area contributed by atoms with Crippen molar-refractivity contribution in [3.8, 4) is 0 Å². The number of rotatable bonds is 13. The van der Waals surface area contributed by atoms with E-state index in [4.69, 9.17) is 9.47 Å². The molecule has 126 valence electrons. The molecule has 0 aromatic rings. The minimum atomic E-state index is 0.319. The van der Waals surface area contributed by atoms with Crippen LogP contribution in [0.2, 0.25) is 0 Å². The lowest BCUT2D eigenvalue weighted by Crippen LogP contribution is -2.01. The van der Waals surface area contributed by atoms with Crippen molar-refractivity contribution in [2.45, 2.75) is 102 Å². The quantitative estimate of drug-likeness (QED) is 0.284. The van der Waals surface area contributed by atoms with Gasteiger partial charge in [0.2, 0.25) is 0 Å². The first-order valence-corrected chi connectivity index (χ1v) is 9.16. The van der Waals surface area contributed by atoms with E-state index in [0.717, 1.165) is 32.1 Å². The Morgan fingerprint density at radius 1 is 0.909 bits per heavy atom. The molecular weight excluding hydrogens is 276 g/mol. The van der Waals surface area contributed by atoms with E-state index in [0.29, 0.717) is 30.2 Å². The zero-order chi connectivity index (χ0) is 15.8. The Labute approximate surface area is 135 Å². The summed E-state index contributed by atoms with van der Waals surface area (Å²) in [5.41, 5.74) is 0. The molecule has 0 aromatic heterocycles. The third-order valence-corrected chi connectivity index (χ3v) is 4.63. The van der Waals surface area contributed by atoms with Gasteiger partial charge >= 0.3 is 0 Å². The number of hydrogen-bond acceptors (Lipinski definition) is 3. The van der Waals surface area contributed by atoms with Gasteiger partial charge in [-0.2, -0.15) is 0 Å². The van der Waals surface area contributed by atoms with Crippen LogP contribution in [0.4, 0.5) is 0 Å². The fourth-order valence-electron chi connectivity index (χ4n) is 3.11. The molecule has 0 spiro atoms. The fourth-order valence-corrected chi connectivity index (χ4v) is 3.11. The molecule has 0 aliphatic carbocycles. The van der Waals surface area contributed by atoms with Gasteiger partial charge in [0.1, 0.15) is 5.78 Å². The number of ether oxygens (including phenoxy) is 2. The highest BCUT2D eigenvalue weighted by atomic mass is 16.6. The summed E-state index contributed by atoms with van der Waals surface area (Å²) in [6.45, 7) is 3.84. The third-order valence-electron chi connectivity index (χ3n) is 4.63. The van der Waals surface area contributed by atoms with Crippen LogP contribution in [0.5, 0.6) is 0 Å². The predicted molar refractivity (Wildman–Crippen MR) is 89.0 cm³/mol. The molecule has 0 amide bonds. The van der Waals surface area contributed by atoms with Gasteiger partial charge in [-0.3, -0.25) is 0 Å². The smallest absolute Gasteiger partial charge is 0.129 e. The molecule has 3 heteroatoms. The van der Waals surface area contributed by atoms with Crippen LogP contribution in [0.25, 0.3) is 0 Å². The molecule has 4 unspecified atom stereocenters. The Hall–Kier alpha value is -0.670. The van der Waals surface area contributed by atoms with Crippen LogP contribution in [0, 0.1) is 0 Å². The molecule has 0 N–H and O–H groups in total. The standard InChI is InChI=1S/C19H32O3/c1-3-4-8-12-16-18(21-16)14-19-17(22-19)13-10-7-5-6-9-11-15(2)20/h4,8,16-19H,3,5-7,9-14H2,1-2H3/b8-4-. The minimum absolute atomic E-state index is 0.319. The zero-order valence-corrected chi connectivity index (χ0v) is 14.3. The number of epoxide rings is 2. The fraction of sp³-hybridized carbons (Fsp3) is 0.842. The second-order valence-corrected chi connectivity index (χ2v) is 6.79. The van der Waals surface area contributed by atoms with Crippen LogP contribution in [-0.4, -0.2) is 30.2 Å². The van der Waals surface area contributed by atoms with Crippen LogP contribution in [-0.2, 0) is 14.3 Å². The first-order valence-electron chi connectivity index (χ1n) is 9.16. The van der Waals surface area contributed by atoms with Gasteiger partial charge in [0.15, 0.2) is 0 Å². The first kappa shape index (κ1) is 17.7. The Morgan fingerprint density at radius 3 is 2.36 bits per heavy atom. The van der Waals surface area contributed by atoms with Crippen LogP contribution in [0.15, 0.2) is 12.2 Å². The normalized spacial score (nSPS) is 29.9. The number of hydrogen-bond donors (Lipinski definition) is 0. The molecule has 2 fully saturated rings. The van der Waals surface area contributed by atoms with Gasteiger partial charge in [-0.1, -0.05) is 44.8 Å². The van der Waals surface area contributed by atoms with Crippen molar-refractivity contribution in [2.24, 2.45) is 0 Å². The van der Waals surface area contributed by atoms with Gasteiger partial charge in [0.25, 0.3) is 0 Å². The predicted octanol–water partition coefficient (Wildman–Crippen LogP) is 4.59. The molecule has 22 heavy (non-hydrogen) atoms. The van der Waals surface area contributed by atoms with Crippen LogP contribution in [0.1, 0.15) is 78.1 Å². The molecular formula is C19H32O3.